The van der Waals surface area contributed by atoms with Crippen molar-refractivity contribution in [2.75, 3.05) is 0 Å². The van der Waals surface area contributed by atoms with E-state index in [0.717, 1.165) is 11.1 Å². The van der Waals surface area contributed by atoms with Crippen molar-refractivity contribution in [2.24, 2.45) is 0 Å². The SMILES string of the molecule is O=C1C2=C(NC3=C(C(=O)c4ccccc43)C2c2ccc([N+](=O)[O-])cc2)c2ccccc21. The fraction of sp³-hybridized carbons (Fsp3) is 0.0400. The zero-order valence-electron chi connectivity index (χ0n) is 16.1. The summed E-state index contributed by atoms with van der Waals surface area (Å²) >= 11 is 0. The molecule has 2 aliphatic carbocycles. The summed E-state index contributed by atoms with van der Waals surface area (Å²) < 4.78 is 0. The highest BCUT2D eigenvalue weighted by Gasteiger charge is 2.46. The van der Waals surface area contributed by atoms with Crippen molar-refractivity contribution < 1.29 is 14.5 Å². The molecule has 0 unspecified atom stereocenters. The number of non-ortho nitro benzene ring substituents is 1. The van der Waals surface area contributed by atoms with Crippen LogP contribution in [0.15, 0.2) is 83.9 Å². The third kappa shape index (κ3) is 2.27. The minimum Gasteiger partial charge on any atom is -0.354 e. The van der Waals surface area contributed by atoms with Gasteiger partial charge in [-0.25, -0.2) is 0 Å². The number of Topliss-reactive ketones (excluding diaryl/α,β-unsaturated/α-hetero) is 2. The van der Waals surface area contributed by atoms with Crippen LogP contribution in [-0.4, -0.2) is 16.5 Å². The number of nitrogens with zero attached hydrogens (tertiary/aromatic N) is 1. The molecule has 0 saturated heterocycles. The van der Waals surface area contributed by atoms with Gasteiger partial charge in [0.05, 0.1) is 16.3 Å². The Balaban J connectivity index is 1.61. The molecule has 0 aromatic heterocycles. The normalized spacial score (nSPS) is 16.6. The summed E-state index contributed by atoms with van der Waals surface area (Å²) in [6.45, 7) is 0. The lowest BCUT2D eigenvalue weighted by molar-refractivity contribution is -0.384. The van der Waals surface area contributed by atoms with Gasteiger partial charge in [0, 0.05) is 51.5 Å². The average Bonchev–Trinajstić information content (AvgIpc) is 3.25. The number of carbonyl (C=O) groups is 2. The Labute approximate surface area is 176 Å². The number of carbonyl (C=O) groups excluding carboxylic acids is 2. The number of allylic oxidation sites excluding steroid dienone is 2. The highest BCUT2D eigenvalue weighted by atomic mass is 16.6. The molecule has 6 heteroatoms. The summed E-state index contributed by atoms with van der Waals surface area (Å²) in [5, 5.41) is 14.5. The second-order valence-corrected chi connectivity index (χ2v) is 7.73. The molecule has 6 rings (SSSR count). The first-order valence-corrected chi connectivity index (χ1v) is 9.84. The van der Waals surface area contributed by atoms with E-state index in [1.54, 1.807) is 24.3 Å². The van der Waals surface area contributed by atoms with Gasteiger partial charge in [0.2, 0.25) is 0 Å². The number of nitro groups is 1. The number of hydrogen-bond donors (Lipinski definition) is 1. The van der Waals surface area contributed by atoms with Crippen LogP contribution in [0.3, 0.4) is 0 Å². The number of nitrogens with one attached hydrogen (secondary N) is 1. The average molecular weight is 406 g/mol. The van der Waals surface area contributed by atoms with Crippen LogP contribution in [0.1, 0.15) is 43.3 Å². The number of dihydropyridines is 1. The van der Waals surface area contributed by atoms with Gasteiger partial charge in [0.25, 0.3) is 5.69 Å². The van der Waals surface area contributed by atoms with Crippen LogP contribution in [-0.2, 0) is 0 Å². The Hall–Kier alpha value is -4.32. The zero-order chi connectivity index (χ0) is 21.3. The van der Waals surface area contributed by atoms with Crippen molar-refractivity contribution in [1.29, 1.82) is 0 Å². The summed E-state index contributed by atoms with van der Waals surface area (Å²) in [7, 11) is 0. The Kier molecular flexibility index (Phi) is 3.44. The molecule has 0 atom stereocenters. The predicted molar refractivity (Wildman–Crippen MR) is 114 cm³/mol. The van der Waals surface area contributed by atoms with Crippen LogP contribution in [0.2, 0.25) is 0 Å². The first-order valence-electron chi connectivity index (χ1n) is 9.84. The first-order chi connectivity index (χ1) is 15.1. The lowest BCUT2D eigenvalue weighted by Crippen LogP contribution is -2.25. The lowest BCUT2D eigenvalue weighted by atomic mass is 9.79. The van der Waals surface area contributed by atoms with E-state index in [-0.39, 0.29) is 17.3 Å². The van der Waals surface area contributed by atoms with Gasteiger partial charge >= 0.3 is 0 Å². The maximum absolute atomic E-state index is 13.4. The largest absolute Gasteiger partial charge is 0.354 e. The highest BCUT2D eigenvalue weighted by Crippen LogP contribution is 2.51. The van der Waals surface area contributed by atoms with Crippen LogP contribution in [0, 0.1) is 10.1 Å². The van der Waals surface area contributed by atoms with Crippen molar-refractivity contribution in [3.05, 3.63) is 122 Å². The summed E-state index contributed by atoms with van der Waals surface area (Å²) in [6, 6.07) is 20.8. The van der Waals surface area contributed by atoms with E-state index in [9.17, 15) is 19.7 Å². The van der Waals surface area contributed by atoms with Crippen LogP contribution in [0.25, 0.3) is 11.4 Å². The molecule has 0 fully saturated rings. The van der Waals surface area contributed by atoms with Gasteiger partial charge in [0.15, 0.2) is 11.6 Å². The maximum Gasteiger partial charge on any atom is 0.269 e. The molecular weight excluding hydrogens is 392 g/mol. The van der Waals surface area contributed by atoms with E-state index >= 15 is 0 Å². The van der Waals surface area contributed by atoms with Crippen molar-refractivity contribution in [3.63, 3.8) is 0 Å². The van der Waals surface area contributed by atoms with Gasteiger partial charge in [0.1, 0.15) is 0 Å². The molecule has 148 valence electrons. The van der Waals surface area contributed by atoms with E-state index < -0.39 is 10.8 Å². The van der Waals surface area contributed by atoms with E-state index in [1.807, 2.05) is 36.4 Å². The zero-order valence-corrected chi connectivity index (χ0v) is 16.1. The summed E-state index contributed by atoms with van der Waals surface area (Å²) in [5.74, 6) is -0.861. The molecule has 31 heavy (non-hydrogen) atoms. The molecular formula is C25H14N2O4. The number of benzene rings is 3. The first kappa shape index (κ1) is 17.5. The third-order valence-electron chi connectivity index (χ3n) is 6.17. The van der Waals surface area contributed by atoms with Crippen LogP contribution >= 0.6 is 0 Å². The Morgan fingerprint density at radius 3 is 1.58 bits per heavy atom. The molecule has 0 bridgehead atoms. The smallest absolute Gasteiger partial charge is 0.269 e. The summed E-state index contributed by atoms with van der Waals surface area (Å²) in [6.07, 6.45) is 0. The number of hydrogen-bond acceptors (Lipinski definition) is 5. The molecule has 3 aliphatic rings. The third-order valence-corrected chi connectivity index (χ3v) is 6.17. The minimum absolute atomic E-state index is 0.0387. The number of ketones is 2. The molecule has 1 heterocycles. The van der Waals surface area contributed by atoms with E-state index in [1.165, 1.54) is 12.1 Å². The predicted octanol–water partition coefficient (Wildman–Crippen LogP) is 4.50. The second kappa shape index (κ2) is 6.09. The number of rotatable bonds is 2. The van der Waals surface area contributed by atoms with Gasteiger partial charge in [-0.2, -0.15) is 0 Å². The van der Waals surface area contributed by atoms with Crippen molar-refractivity contribution >= 4 is 28.6 Å². The van der Waals surface area contributed by atoms with Gasteiger partial charge in [-0.05, 0) is 5.56 Å². The molecule has 0 radical (unpaired) electrons. The van der Waals surface area contributed by atoms with Crippen molar-refractivity contribution in [2.45, 2.75) is 5.92 Å². The molecule has 3 aromatic rings. The molecule has 3 aromatic carbocycles. The van der Waals surface area contributed by atoms with Crippen molar-refractivity contribution in [1.82, 2.24) is 5.32 Å². The Morgan fingerprint density at radius 1 is 0.677 bits per heavy atom. The molecule has 0 amide bonds. The van der Waals surface area contributed by atoms with Gasteiger partial charge < -0.3 is 5.32 Å². The van der Waals surface area contributed by atoms with E-state index in [2.05, 4.69) is 5.32 Å². The highest BCUT2D eigenvalue weighted by molar-refractivity contribution is 6.29. The monoisotopic (exact) mass is 406 g/mol. The number of nitro benzene ring substituents is 1. The quantitative estimate of drug-likeness (QED) is 0.500. The van der Waals surface area contributed by atoms with E-state index in [0.29, 0.717) is 39.2 Å². The van der Waals surface area contributed by atoms with Crippen molar-refractivity contribution in [3.8, 4) is 0 Å². The molecule has 0 spiro atoms. The molecule has 1 N–H and O–H groups in total. The topological polar surface area (TPSA) is 89.3 Å². The minimum atomic E-state index is -0.605. The Morgan fingerprint density at radius 2 is 1.13 bits per heavy atom. The summed E-state index contributed by atoms with van der Waals surface area (Å²) in [4.78, 5) is 37.5. The fourth-order valence-corrected chi connectivity index (χ4v) is 4.82. The van der Waals surface area contributed by atoms with Crippen LogP contribution < -0.4 is 5.32 Å². The van der Waals surface area contributed by atoms with Gasteiger partial charge in [-0.15, -0.1) is 0 Å². The lowest BCUT2D eigenvalue weighted by Gasteiger charge is -2.27. The van der Waals surface area contributed by atoms with E-state index in [4.69, 9.17) is 0 Å². The fourth-order valence-electron chi connectivity index (χ4n) is 4.82. The second-order valence-electron chi connectivity index (χ2n) is 7.73. The molecule has 0 saturated carbocycles. The summed E-state index contributed by atoms with van der Waals surface area (Å²) in [5.41, 5.74) is 5.85. The van der Waals surface area contributed by atoms with Crippen LogP contribution in [0.5, 0.6) is 0 Å². The van der Waals surface area contributed by atoms with Gasteiger partial charge in [-0.3, -0.25) is 19.7 Å². The molecule has 6 nitrogen and oxygen atoms in total. The maximum atomic E-state index is 13.4. The molecule has 1 aliphatic heterocycles. The van der Waals surface area contributed by atoms with Gasteiger partial charge in [-0.1, -0.05) is 60.7 Å². The van der Waals surface area contributed by atoms with Crippen LogP contribution in [0.4, 0.5) is 5.69 Å². The standard InChI is InChI=1S/C25H14N2O4/c28-24-17-7-3-1-5-15(17)22-20(24)19(13-9-11-14(12-10-13)27(30)31)21-23(26-22)16-6-2-4-8-18(16)25(21)29/h1-12,19,26H. The Bertz CT molecular complexity index is 1330. The number of fused-ring (bicyclic) bond motifs is 4.